The van der Waals surface area contributed by atoms with Crippen LogP contribution in [-0.2, 0) is 18.3 Å². The molecule has 0 aliphatic rings. The molecule has 0 radical (unpaired) electrons. The summed E-state index contributed by atoms with van der Waals surface area (Å²) in [5.41, 5.74) is 2.39. The zero-order chi connectivity index (χ0) is 17.2. The number of nitrogens with one attached hydrogen (secondary N) is 1. The summed E-state index contributed by atoms with van der Waals surface area (Å²) in [6.45, 7) is 9.61. The lowest BCUT2D eigenvalue weighted by molar-refractivity contribution is 0.135. The van der Waals surface area contributed by atoms with Crippen LogP contribution in [0.3, 0.4) is 0 Å². The Morgan fingerprint density at radius 3 is 2.71 bits per heavy atom. The van der Waals surface area contributed by atoms with E-state index in [0.29, 0.717) is 12.5 Å². The molecule has 0 atom stereocenters. The minimum Gasteiger partial charge on any atom is -0.380 e. The molecule has 0 aliphatic heterocycles. The Hall–Kier alpha value is -0.830. The third kappa shape index (κ3) is 7.83. The van der Waals surface area contributed by atoms with Gasteiger partial charge in [0.25, 0.3) is 0 Å². The summed E-state index contributed by atoms with van der Waals surface area (Å²) < 4.78 is 7.46. The minimum atomic E-state index is 0. The summed E-state index contributed by atoms with van der Waals surface area (Å²) in [6, 6.07) is 0. The van der Waals surface area contributed by atoms with Crippen molar-refractivity contribution in [2.75, 3.05) is 33.9 Å². The Labute approximate surface area is 164 Å². The molecule has 0 aromatic carbocycles. The molecular formula is C17H34IN5O. The number of aliphatic imine (C=N–C) groups is 1. The maximum atomic E-state index is 5.57. The van der Waals surface area contributed by atoms with Crippen LogP contribution < -0.4 is 5.32 Å². The Morgan fingerprint density at radius 2 is 2.12 bits per heavy atom. The number of rotatable bonds is 9. The number of aromatic nitrogens is 2. The summed E-state index contributed by atoms with van der Waals surface area (Å²) in [4.78, 5) is 6.47. The molecule has 1 heterocycles. The van der Waals surface area contributed by atoms with Crippen LogP contribution in [0.1, 0.15) is 50.8 Å². The van der Waals surface area contributed by atoms with Crippen molar-refractivity contribution in [1.29, 1.82) is 0 Å². The standard InChI is InChI=1S/C17H33N5O.HI/c1-7-8-10-23-11-9-19-17(18-4)21(5)12-15-13-22(6)20-16(15)14(2)3;/h13-14H,7-12H2,1-6H3,(H,18,19);1H. The van der Waals surface area contributed by atoms with Crippen LogP contribution in [-0.4, -0.2) is 54.5 Å². The smallest absolute Gasteiger partial charge is 0.193 e. The molecule has 0 aliphatic carbocycles. The molecule has 0 saturated heterocycles. The van der Waals surface area contributed by atoms with E-state index in [9.17, 15) is 0 Å². The summed E-state index contributed by atoms with van der Waals surface area (Å²) in [5, 5.41) is 7.91. The largest absolute Gasteiger partial charge is 0.380 e. The molecule has 1 aromatic rings. The predicted molar refractivity (Wildman–Crippen MR) is 111 cm³/mol. The Kier molecular flexibility index (Phi) is 12.1. The number of hydrogen-bond acceptors (Lipinski definition) is 3. The van der Waals surface area contributed by atoms with Crippen molar-refractivity contribution in [2.45, 2.75) is 46.1 Å². The normalized spacial score (nSPS) is 11.5. The fraction of sp³-hybridized carbons (Fsp3) is 0.765. The molecule has 24 heavy (non-hydrogen) atoms. The van der Waals surface area contributed by atoms with E-state index in [1.807, 2.05) is 25.8 Å². The van der Waals surface area contributed by atoms with Crippen LogP contribution in [0.15, 0.2) is 11.2 Å². The van der Waals surface area contributed by atoms with E-state index in [4.69, 9.17) is 4.74 Å². The number of guanidine groups is 1. The molecule has 1 aromatic heterocycles. The van der Waals surface area contributed by atoms with Crippen molar-refractivity contribution in [2.24, 2.45) is 12.0 Å². The van der Waals surface area contributed by atoms with Crippen LogP contribution >= 0.6 is 24.0 Å². The second-order valence-electron chi connectivity index (χ2n) is 6.16. The molecule has 7 heteroatoms. The molecule has 0 spiro atoms. The number of ether oxygens (including phenoxy) is 1. The van der Waals surface area contributed by atoms with Crippen LogP contribution in [0, 0.1) is 0 Å². The van der Waals surface area contributed by atoms with Crippen LogP contribution in [0.4, 0.5) is 0 Å². The van der Waals surface area contributed by atoms with E-state index < -0.39 is 0 Å². The van der Waals surface area contributed by atoms with E-state index in [1.165, 1.54) is 12.0 Å². The molecular weight excluding hydrogens is 417 g/mol. The molecule has 1 rings (SSSR count). The van der Waals surface area contributed by atoms with Crippen molar-refractivity contribution < 1.29 is 4.74 Å². The molecule has 1 N–H and O–H groups in total. The molecule has 0 saturated carbocycles. The van der Waals surface area contributed by atoms with Crippen molar-refractivity contribution >= 4 is 29.9 Å². The summed E-state index contributed by atoms with van der Waals surface area (Å²) in [7, 11) is 5.82. The second-order valence-corrected chi connectivity index (χ2v) is 6.16. The van der Waals surface area contributed by atoms with Gasteiger partial charge in [-0.15, -0.1) is 24.0 Å². The van der Waals surface area contributed by atoms with E-state index in [0.717, 1.165) is 37.8 Å². The Morgan fingerprint density at radius 1 is 1.42 bits per heavy atom. The molecule has 0 bridgehead atoms. The van der Waals surface area contributed by atoms with E-state index in [2.05, 4.69) is 47.3 Å². The van der Waals surface area contributed by atoms with Crippen LogP contribution in [0.5, 0.6) is 0 Å². The van der Waals surface area contributed by atoms with Gasteiger partial charge < -0.3 is 15.0 Å². The quantitative estimate of drug-likeness (QED) is 0.272. The number of halogens is 1. The van der Waals surface area contributed by atoms with Gasteiger partial charge in [-0.2, -0.15) is 5.10 Å². The van der Waals surface area contributed by atoms with Gasteiger partial charge in [0.1, 0.15) is 0 Å². The average Bonchev–Trinajstić information content (AvgIpc) is 2.87. The lowest BCUT2D eigenvalue weighted by Gasteiger charge is -2.22. The number of aryl methyl sites for hydroxylation is 1. The summed E-state index contributed by atoms with van der Waals surface area (Å²) in [5.74, 6) is 1.30. The van der Waals surface area contributed by atoms with Gasteiger partial charge in [-0.25, -0.2) is 0 Å². The number of nitrogens with zero attached hydrogens (tertiary/aromatic N) is 4. The van der Waals surface area contributed by atoms with Crippen LogP contribution in [0.2, 0.25) is 0 Å². The molecule has 140 valence electrons. The van der Waals surface area contributed by atoms with E-state index in [1.54, 1.807) is 0 Å². The van der Waals surface area contributed by atoms with Gasteiger partial charge >= 0.3 is 0 Å². The topological polar surface area (TPSA) is 54.7 Å². The zero-order valence-electron chi connectivity index (χ0n) is 16.0. The van der Waals surface area contributed by atoms with Crippen molar-refractivity contribution in [3.8, 4) is 0 Å². The zero-order valence-corrected chi connectivity index (χ0v) is 18.3. The van der Waals surface area contributed by atoms with Gasteiger partial charge in [-0.3, -0.25) is 9.67 Å². The van der Waals surface area contributed by atoms with E-state index >= 15 is 0 Å². The first kappa shape index (κ1) is 23.2. The van der Waals surface area contributed by atoms with Gasteiger partial charge in [0.05, 0.1) is 12.3 Å². The van der Waals surface area contributed by atoms with Gasteiger partial charge in [-0.05, 0) is 12.3 Å². The third-order valence-corrected chi connectivity index (χ3v) is 3.64. The first-order valence-electron chi connectivity index (χ1n) is 8.51. The lowest BCUT2D eigenvalue weighted by atomic mass is 10.1. The first-order valence-corrected chi connectivity index (χ1v) is 8.51. The third-order valence-electron chi connectivity index (χ3n) is 3.64. The molecule has 0 unspecified atom stereocenters. The highest BCUT2D eigenvalue weighted by Gasteiger charge is 2.14. The minimum absolute atomic E-state index is 0. The van der Waals surface area contributed by atoms with Gasteiger partial charge in [0, 0.05) is 52.6 Å². The van der Waals surface area contributed by atoms with Crippen molar-refractivity contribution in [1.82, 2.24) is 20.0 Å². The Balaban J connectivity index is 0.00000529. The highest BCUT2D eigenvalue weighted by Crippen LogP contribution is 2.18. The van der Waals surface area contributed by atoms with Crippen LogP contribution in [0.25, 0.3) is 0 Å². The summed E-state index contributed by atoms with van der Waals surface area (Å²) in [6.07, 6.45) is 4.38. The van der Waals surface area contributed by atoms with Gasteiger partial charge in [-0.1, -0.05) is 27.2 Å². The molecule has 6 nitrogen and oxygen atoms in total. The average molecular weight is 451 g/mol. The number of unbranched alkanes of at least 4 members (excludes halogenated alkanes) is 1. The van der Waals surface area contributed by atoms with E-state index in [-0.39, 0.29) is 24.0 Å². The molecule has 0 amide bonds. The number of hydrogen-bond donors (Lipinski definition) is 1. The highest BCUT2D eigenvalue weighted by atomic mass is 127. The fourth-order valence-electron chi connectivity index (χ4n) is 2.46. The predicted octanol–water partition coefficient (Wildman–Crippen LogP) is 2.99. The SMILES string of the molecule is CCCCOCCNC(=NC)N(C)Cc1cn(C)nc1C(C)C.I. The maximum absolute atomic E-state index is 5.57. The maximum Gasteiger partial charge on any atom is 0.193 e. The van der Waals surface area contributed by atoms with Crippen molar-refractivity contribution in [3.63, 3.8) is 0 Å². The van der Waals surface area contributed by atoms with Gasteiger partial charge in [0.15, 0.2) is 5.96 Å². The second kappa shape index (κ2) is 12.5. The van der Waals surface area contributed by atoms with Crippen molar-refractivity contribution in [3.05, 3.63) is 17.5 Å². The van der Waals surface area contributed by atoms with Gasteiger partial charge in [0.2, 0.25) is 0 Å². The fourth-order valence-corrected chi connectivity index (χ4v) is 2.46. The summed E-state index contributed by atoms with van der Waals surface area (Å²) >= 11 is 0. The molecule has 0 fully saturated rings. The lowest BCUT2D eigenvalue weighted by Crippen LogP contribution is -2.40. The monoisotopic (exact) mass is 451 g/mol. The highest BCUT2D eigenvalue weighted by molar-refractivity contribution is 14.0. The first-order chi connectivity index (χ1) is 11.0. The Bertz CT molecular complexity index is 487.